The van der Waals surface area contributed by atoms with E-state index in [9.17, 15) is 24.1 Å². The third-order valence-corrected chi connectivity index (χ3v) is 6.45. The van der Waals surface area contributed by atoms with Crippen molar-refractivity contribution in [2.75, 3.05) is 13.2 Å². The van der Waals surface area contributed by atoms with Gasteiger partial charge in [0.25, 0.3) is 16.8 Å². The number of hydrogen-bond acceptors (Lipinski definition) is 7. The summed E-state index contributed by atoms with van der Waals surface area (Å²) in [6, 6.07) is 16.8. The second-order valence-electron chi connectivity index (χ2n) is 7.53. The summed E-state index contributed by atoms with van der Waals surface area (Å²) in [5.74, 6) is 0.0199. The smallest absolute Gasteiger partial charge is 0.293 e. The minimum absolute atomic E-state index is 0.0357. The Balaban J connectivity index is 1.45. The van der Waals surface area contributed by atoms with E-state index in [1.165, 1.54) is 36.4 Å². The number of nitro benzene ring substituents is 1. The molecule has 1 aliphatic rings. The minimum atomic E-state index is -0.477. The van der Waals surface area contributed by atoms with Gasteiger partial charge < -0.3 is 9.47 Å². The molecule has 0 saturated carbocycles. The van der Waals surface area contributed by atoms with Crippen LogP contribution >= 0.6 is 27.7 Å². The number of nitrogens with zero attached hydrogens (tertiary/aromatic N) is 2. The summed E-state index contributed by atoms with van der Waals surface area (Å²) in [7, 11) is 0. The molecule has 3 aromatic carbocycles. The van der Waals surface area contributed by atoms with Crippen molar-refractivity contribution >= 4 is 50.6 Å². The molecular weight excluding hydrogens is 555 g/mol. The highest BCUT2D eigenvalue weighted by molar-refractivity contribution is 9.10. The van der Waals surface area contributed by atoms with Crippen LogP contribution in [0.1, 0.15) is 11.1 Å². The van der Waals surface area contributed by atoms with Crippen LogP contribution in [0, 0.1) is 15.9 Å². The molecule has 11 heteroatoms. The first-order valence-corrected chi connectivity index (χ1v) is 12.2. The molecular formula is C25H18BrFN2O6S. The zero-order valence-corrected chi connectivity index (χ0v) is 21.0. The van der Waals surface area contributed by atoms with Crippen molar-refractivity contribution < 1.29 is 28.4 Å². The van der Waals surface area contributed by atoms with E-state index >= 15 is 0 Å². The van der Waals surface area contributed by atoms with Crippen LogP contribution < -0.4 is 9.47 Å². The van der Waals surface area contributed by atoms with Gasteiger partial charge in [-0.15, -0.1) is 0 Å². The number of carbonyl (C=O) groups excluding carboxylic acids is 2. The Morgan fingerprint density at radius 3 is 2.58 bits per heavy atom. The summed E-state index contributed by atoms with van der Waals surface area (Å²) >= 11 is 4.20. The van der Waals surface area contributed by atoms with E-state index in [4.69, 9.17) is 9.47 Å². The molecule has 0 aliphatic carbocycles. The minimum Gasteiger partial charge on any atom is -0.492 e. The first-order chi connectivity index (χ1) is 17.3. The van der Waals surface area contributed by atoms with Gasteiger partial charge in [-0.3, -0.25) is 24.6 Å². The number of thioether (sulfide) groups is 1. The zero-order chi connectivity index (χ0) is 25.7. The number of amides is 2. The topological polar surface area (TPSA) is 99.0 Å². The van der Waals surface area contributed by atoms with E-state index in [2.05, 4.69) is 15.9 Å². The SMILES string of the molecule is O=C1S/C(=C\c2cc(Br)ccc2OCc2cccc([N+](=O)[O-])c2)C(=O)N1CCOc1ccc(F)cc1. The second kappa shape index (κ2) is 11.4. The fourth-order valence-electron chi connectivity index (χ4n) is 3.30. The number of carbonyl (C=O) groups is 2. The molecule has 0 bridgehead atoms. The van der Waals surface area contributed by atoms with E-state index in [-0.39, 0.29) is 36.2 Å². The van der Waals surface area contributed by atoms with Crippen LogP contribution in [0.4, 0.5) is 14.9 Å². The quantitative estimate of drug-likeness (QED) is 0.171. The van der Waals surface area contributed by atoms with Crippen molar-refractivity contribution in [3.05, 3.63) is 103 Å². The fraction of sp³-hybridized carbons (Fsp3) is 0.120. The van der Waals surface area contributed by atoms with Crippen LogP contribution in [0.15, 0.2) is 76.1 Å². The maximum Gasteiger partial charge on any atom is 0.293 e. The lowest BCUT2D eigenvalue weighted by molar-refractivity contribution is -0.384. The van der Waals surface area contributed by atoms with Crippen molar-refractivity contribution in [2.45, 2.75) is 6.61 Å². The Bertz CT molecular complexity index is 1350. The summed E-state index contributed by atoms with van der Waals surface area (Å²) in [5, 5.41) is 10.6. The van der Waals surface area contributed by atoms with Gasteiger partial charge >= 0.3 is 0 Å². The van der Waals surface area contributed by atoms with Gasteiger partial charge in [-0.1, -0.05) is 28.1 Å². The van der Waals surface area contributed by atoms with Crippen LogP contribution in [0.5, 0.6) is 11.5 Å². The molecule has 1 fully saturated rings. The van der Waals surface area contributed by atoms with E-state index < -0.39 is 16.1 Å². The molecule has 0 spiro atoms. The summed E-state index contributed by atoms with van der Waals surface area (Å²) < 4.78 is 25.1. The Morgan fingerprint density at radius 1 is 1.06 bits per heavy atom. The van der Waals surface area contributed by atoms with Gasteiger partial charge in [0.1, 0.15) is 30.5 Å². The number of imide groups is 1. The molecule has 0 unspecified atom stereocenters. The Morgan fingerprint density at radius 2 is 1.83 bits per heavy atom. The van der Waals surface area contributed by atoms with Crippen molar-refractivity contribution in [1.82, 2.24) is 4.90 Å². The van der Waals surface area contributed by atoms with Crippen LogP contribution in [0.3, 0.4) is 0 Å². The fourth-order valence-corrected chi connectivity index (χ4v) is 4.54. The highest BCUT2D eigenvalue weighted by Gasteiger charge is 2.35. The van der Waals surface area contributed by atoms with Crippen LogP contribution in [0.2, 0.25) is 0 Å². The number of hydrogen-bond donors (Lipinski definition) is 0. The molecule has 0 radical (unpaired) electrons. The highest BCUT2D eigenvalue weighted by atomic mass is 79.9. The predicted molar refractivity (Wildman–Crippen MR) is 136 cm³/mol. The largest absolute Gasteiger partial charge is 0.492 e. The van der Waals surface area contributed by atoms with Crippen molar-refractivity contribution in [2.24, 2.45) is 0 Å². The Hall–Kier alpha value is -3.70. The monoisotopic (exact) mass is 572 g/mol. The van der Waals surface area contributed by atoms with E-state index in [1.807, 2.05) is 0 Å². The molecule has 1 aliphatic heterocycles. The Labute approximate surface area is 218 Å². The van der Waals surface area contributed by atoms with Gasteiger partial charge in [-0.05, 0) is 65.9 Å². The normalized spacial score (nSPS) is 14.4. The lowest BCUT2D eigenvalue weighted by Gasteiger charge is -2.13. The number of non-ortho nitro benzene ring substituents is 1. The molecule has 2 amide bonds. The van der Waals surface area contributed by atoms with Gasteiger partial charge in [0.05, 0.1) is 16.4 Å². The number of halogens is 2. The maximum absolute atomic E-state index is 13.0. The lowest BCUT2D eigenvalue weighted by atomic mass is 10.1. The van der Waals surface area contributed by atoms with E-state index in [0.29, 0.717) is 22.6 Å². The van der Waals surface area contributed by atoms with Gasteiger partial charge in [0, 0.05) is 22.2 Å². The molecule has 0 aromatic heterocycles. The summed E-state index contributed by atoms with van der Waals surface area (Å²) in [5.41, 5.74) is 1.13. The first kappa shape index (κ1) is 25.4. The Kier molecular flexibility index (Phi) is 8.01. The van der Waals surface area contributed by atoms with Gasteiger partial charge in [0.15, 0.2) is 0 Å². The highest BCUT2D eigenvalue weighted by Crippen LogP contribution is 2.35. The van der Waals surface area contributed by atoms with Crippen LogP contribution in [-0.2, 0) is 11.4 Å². The number of benzene rings is 3. The molecule has 3 aromatic rings. The average molecular weight is 573 g/mol. The summed E-state index contributed by atoms with van der Waals surface area (Å²) in [6.07, 6.45) is 1.57. The zero-order valence-electron chi connectivity index (χ0n) is 18.6. The average Bonchev–Trinajstić information content (AvgIpc) is 3.12. The van der Waals surface area contributed by atoms with E-state index in [0.717, 1.165) is 21.1 Å². The molecule has 36 heavy (non-hydrogen) atoms. The van der Waals surface area contributed by atoms with Crippen molar-refractivity contribution in [1.29, 1.82) is 0 Å². The first-order valence-electron chi connectivity index (χ1n) is 10.6. The van der Waals surface area contributed by atoms with Crippen molar-refractivity contribution in [3.63, 3.8) is 0 Å². The molecule has 1 saturated heterocycles. The molecule has 0 atom stereocenters. The standard InChI is InChI=1S/C25H18BrFN2O6S/c26-18-4-9-22(35-15-16-2-1-3-20(12-16)29(32)33)17(13-18)14-23-24(30)28(25(31)36-23)10-11-34-21-7-5-19(27)6-8-21/h1-9,12-14H,10-11,15H2/b23-14-. The second-order valence-corrected chi connectivity index (χ2v) is 9.44. The molecule has 8 nitrogen and oxygen atoms in total. The molecule has 4 rings (SSSR count). The van der Waals surface area contributed by atoms with Crippen LogP contribution in [0.25, 0.3) is 6.08 Å². The predicted octanol–water partition coefficient (Wildman–Crippen LogP) is 6.19. The summed E-state index contributed by atoms with van der Waals surface area (Å²) in [6.45, 7) is 0.172. The van der Waals surface area contributed by atoms with Crippen LogP contribution in [-0.4, -0.2) is 34.1 Å². The molecule has 1 heterocycles. The molecule has 184 valence electrons. The number of nitro groups is 1. The van der Waals surface area contributed by atoms with Gasteiger partial charge in [-0.2, -0.15) is 0 Å². The van der Waals surface area contributed by atoms with Gasteiger partial charge in [-0.25, -0.2) is 4.39 Å². The third-order valence-electron chi connectivity index (χ3n) is 5.05. The summed E-state index contributed by atoms with van der Waals surface area (Å²) in [4.78, 5) is 37.2. The maximum atomic E-state index is 13.0. The van der Waals surface area contributed by atoms with Gasteiger partial charge in [0.2, 0.25) is 0 Å². The number of ether oxygens (including phenoxy) is 2. The van der Waals surface area contributed by atoms with E-state index in [1.54, 1.807) is 36.4 Å². The third kappa shape index (κ3) is 6.29. The molecule has 0 N–H and O–H groups in total. The van der Waals surface area contributed by atoms with Crippen molar-refractivity contribution in [3.8, 4) is 11.5 Å². The number of rotatable bonds is 9. The lowest BCUT2D eigenvalue weighted by Crippen LogP contribution is -2.32.